The molecule has 1 N–H and O–H groups in total. The van der Waals surface area contributed by atoms with Crippen molar-refractivity contribution in [2.75, 3.05) is 40.3 Å². The molecule has 0 bridgehead atoms. The van der Waals surface area contributed by atoms with Crippen LogP contribution in [0.3, 0.4) is 0 Å². The lowest BCUT2D eigenvalue weighted by atomic mass is 10.0. The highest BCUT2D eigenvalue weighted by atomic mass is 32.1. The van der Waals surface area contributed by atoms with Gasteiger partial charge in [0.1, 0.15) is 0 Å². The number of thiazole rings is 1. The number of hydrogen-bond acceptors (Lipinski definition) is 5. The summed E-state index contributed by atoms with van der Waals surface area (Å²) in [6.45, 7) is 6.78. The maximum atomic E-state index is 4.18. The molecule has 0 saturated carbocycles. The van der Waals surface area contributed by atoms with Crippen molar-refractivity contribution in [1.29, 1.82) is 0 Å². The van der Waals surface area contributed by atoms with Gasteiger partial charge in [0.15, 0.2) is 0 Å². The summed E-state index contributed by atoms with van der Waals surface area (Å²) in [5.41, 5.74) is 1.93. The number of piperazine rings is 1. The molecule has 2 unspecified atom stereocenters. The Morgan fingerprint density at radius 2 is 2.32 bits per heavy atom. The van der Waals surface area contributed by atoms with Crippen LogP contribution in [0.2, 0.25) is 0 Å². The van der Waals surface area contributed by atoms with E-state index in [1.54, 1.807) is 11.3 Å². The highest BCUT2D eigenvalue weighted by Gasteiger charge is 2.25. The molecule has 1 aromatic heterocycles. The SMILES string of the molecule is CCNC(Cc1cncs1)CC1CN(C)CCN1C. The molecule has 0 spiro atoms. The van der Waals surface area contributed by atoms with Gasteiger partial charge in [-0.15, -0.1) is 11.3 Å². The molecule has 108 valence electrons. The lowest BCUT2D eigenvalue weighted by molar-refractivity contribution is 0.101. The molecule has 1 aromatic rings. The van der Waals surface area contributed by atoms with Crippen molar-refractivity contribution in [3.8, 4) is 0 Å². The number of hydrogen-bond donors (Lipinski definition) is 1. The number of nitrogens with zero attached hydrogens (tertiary/aromatic N) is 3. The van der Waals surface area contributed by atoms with Gasteiger partial charge in [0.05, 0.1) is 5.51 Å². The first-order valence-corrected chi connectivity index (χ1v) is 8.06. The third-order valence-electron chi connectivity index (χ3n) is 3.96. The van der Waals surface area contributed by atoms with Crippen LogP contribution in [0, 0.1) is 0 Å². The molecule has 1 aliphatic heterocycles. The topological polar surface area (TPSA) is 31.4 Å². The number of nitrogens with one attached hydrogen (secondary N) is 1. The molecule has 4 nitrogen and oxygen atoms in total. The molecule has 0 amide bonds. The van der Waals surface area contributed by atoms with E-state index in [9.17, 15) is 0 Å². The summed E-state index contributed by atoms with van der Waals surface area (Å²) in [6, 6.07) is 1.22. The molecule has 0 aliphatic carbocycles. The van der Waals surface area contributed by atoms with Crippen molar-refractivity contribution < 1.29 is 0 Å². The molecule has 1 fully saturated rings. The van der Waals surface area contributed by atoms with Gasteiger partial charge in [0.2, 0.25) is 0 Å². The lowest BCUT2D eigenvalue weighted by Gasteiger charge is -2.39. The van der Waals surface area contributed by atoms with E-state index >= 15 is 0 Å². The van der Waals surface area contributed by atoms with Gasteiger partial charge in [0.25, 0.3) is 0 Å². The van der Waals surface area contributed by atoms with E-state index in [-0.39, 0.29) is 0 Å². The van der Waals surface area contributed by atoms with Gasteiger partial charge in [0, 0.05) is 42.8 Å². The van der Waals surface area contributed by atoms with E-state index < -0.39 is 0 Å². The van der Waals surface area contributed by atoms with Crippen molar-refractivity contribution in [3.05, 3.63) is 16.6 Å². The predicted molar refractivity (Wildman–Crippen MR) is 81.8 cm³/mol. The van der Waals surface area contributed by atoms with Gasteiger partial charge in [-0.25, -0.2) is 0 Å². The van der Waals surface area contributed by atoms with Crippen LogP contribution in [-0.2, 0) is 6.42 Å². The molecule has 0 radical (unpaired) electrons. The second kappa shape index (κ2) is 7.33. The summed E-state index contributed by atoms with van der Waals surface area (Å²) in [7, 11) is 4.48. The molecule has 2 atom stereocenters. The van der Waals surface area contributed by atoms with Crippen LogP contribution < -0.4 is 5.32 Å². The fourth-order valence-electron chi connectivity index (χ4n) is 2.80. The summed E-state index contributed by atoms with van der Waals surface area (Å²) in [4.78, 5) is 10.5. The predicted octanol–water partition coefficient (Wildman–Crippen LogP) is 1.30. The van der Waals surface area contributed by atoms with E-state index in [1.807, 2.05) is 11.7 Å². The third-order valence-corrected chi connectivity index (χ3v) is 4.76. The van der Waals surface area contributed by atoms with Crippen LogP contribution in [0.1, 0.15) is 18.2 Å². The Kier molecular flexibility index (Phi) is 5.76. The summed E-state index contributed by atoms with van der Waals surface area (Å²) >= 11 is 1.77. The van der Waals surface area contributed by atoms with Crippen LogP contribution in [0.4, 0.5) is 0 Å². The van der Waals surface area contributed by atoms with E-state index in [2.05, 4.69) is 41.1 Å². The van der Waals surface area contributed by atoms with E-state index in [0.29, 0.717) is 12.1 Å². The Balaban J connectivity index is 1.91. The Hall–Kier alpha value is -0.490. The zero-order valence-corrected chi connectivity index (χ0v) is 13.1. The number of likely N-dealkylation sites (N-methyl/N-ethyl adjacent to an activating group) is 3. The maximum absolute atomic E-state index is 4.18. The van der Waals surface area contributed by atoms with Gasteiger partial charge in [-0.2, -0.15) is 0 Å². The Morgan fingerprint density at radius 3 is 3.00 bits per heavy atom. The minimum absolute atomic E-state index is 0.560. The summed E-state index contributed by atoms with van der Waals surface area (Å²) < 4.78 is 0. The van der Waals surface area contributed by atoms with Crippen LogP contribution in [0.15, 0.2) is 11.7 Å². The number of aromatic nitrogens is 1. The Labute approximate surface area is 120 Å². The normalized spacial score (nSPS) is 23.6. The molecule has 1 saturated heterocycles. The summed E-state index contributed by atoms with van der Waals surface area (Å²) in [6.07, 6.45) is 4.32. The molecule has 2 rings (SSSR count). The largest absolute Gasteiger partial charge is 0.314 e. The van der Waals surface area contributed by atoms with Crippen LogP contribution in [-0.4, -0.2) is 67.1 Å². The standard InChI is InChI=1S/C14H26N4S/c1-4-16-12(8-14-9-15-11-19-14)7-13-10-17(2)5-6-18(13)3/h9,11-13,16H,4-8,10H2,1-3H3. The van der Waals surface area contributed by atoms with Crippen molar-refractivity contribution in [2.45, 2.75) is 31.8 Å². The van der Waals surface area contributed by atoms with Crippen LogP contribution >= 0.6 is 11.3 Å². The van der Waals surface area contributed by atoms with Crippen LogP contribution in [0.25, 0.3) is 0 Å². The average Bonchev–Trinajstić information content (AvgIpc) is 2.87. The zero-order chi connectivity index (χ0) is 13.7. The van der Waals surface area contributed by atoms with Gasteiger partial charge in [-0.1, -0.05) is 6.92 Å². The highest BCUT2D eigenvalue weighted by molar-refractivity contribution is 7.09. The van der Waals surface area contributed by atoms with Gasteiger partial charge in [-0.05, 0) is 33.5 Å². The molecule has 5 heteroatoms. The third kappa shape index (κ3) is 4.53. The minimum atomic E-state index is 0.560. The molecular weight excluding hydrogens is 256 g/mol. The second-order valence-electron chi connectivity index (χ2n) is 5.56. The number of rotatable bonds is 6. The first-order chi connectivity index (χ1) is 9.19. The molecule has 2 heterocycles. The monoisotopic (exact) mass is 282 g/mol. The average molecular weight is 282 g/mol. The first kappa shape index (κ1) is 14.9. The quantitative estimate of drug-likeness (QED) is 0.852. The molecular formula is C14H26N4S. The van der Waals surface area contributed by atoms with E-state index in [0.717, 1.165) is 13.0 Å². The van der Waals surface area contributed by atoms with Gasteiger partial charge >= 0.3 is 0 Å². The first-order valence-electron chi connectivity index (χ1n) is 7.18. The van der Waals surface area contributed by atoms with Gasteiger partial charge < -0.3 is 15.1 Å². The highest BCUT2D eigenvalue weighted by Crippen LogP contribution is 2.16. The van der Waals surface area contributed by atoms with Crippen LogP contribution in [0.5, 0.6) is 0 Å². The second-order valence-corrected chi connectivity index (χ2v) is 6.53. The van der Waals surface area contributed by atoms with Crippen molar-refractivity contribution in [2.24, 2.45) is 0 Å². The van der Waals surface area contributed by atoms with E-state index in [4.69, 9.17) is 0 Å². The van der Waals surface area contributed by atoms with Crippen molar-refractivity contribution >= 4 is 11.3 Å². The Bertz CT molecular complexity index is 354. The maximum Gasteiger partial charge on any atom is 0.0794 e. The van der Waals surface area contributed by atoms with Crippen molar-refractivity contribution in [3.63, 3.8) is 0 Å². The molecule has 0 aromatic carbocycles. The lowest BCUT2D eigenvalue weighted by Crippen LogP contribution is -2.52. The molecule has 1 aliphatic rings. The smallest absolute Gasteiger partial charge is 0.0794 e. The van der Waals surface area contributed by atoms with E-state index in [1.165, 1.54) is 30.9 Å². The van der Waals surface area contributed by atoms with Crippen molar-refractivity contribution in [1.82, 2.24) is 20.1 Å². The fraction of sp³-hybridized carbons (Fsp3) is 0.786. The zero-order valence-electron chi connectivity index (χ0n) is 12.3. The summed E-state index contributed by atoms with van der Waals surface area (Å²) in [5.74, 6) is 0. The fourth-order valence-corrected chi connectivity index (χ4v) is 3.47. The molecule has 19 heavy (non-hydrogen) atoms. The Morgan fingerprint density at radius 1 is 1.47 bits per heavy atom. The minimum Gasteiger partial charge on any atom is -0.314 e. The van der Waals surface area contributed by atoms with Gasteiger partial charge in [-0.3, -0.25) is 4.98 Å². The summed E-state index contributed by atoms with van der Waals surface area (Å²) in [5, 5.41) is 3.64.